The maximum Gasteiger partial charge on any atom is 0.277 e. The molecule has 2 heterocycles. The molecule has 2 atom stereocenters. The fourth-order valence-electron chi connectivity index (χ4n) is 2.90. The molecule has 0 spiro atoms. The van der Waals surface area contributed by atoms with Crippen LogP contribution in [0.3, 0.4) is 0 Å². The Balaban J connectivity index is 1.82. The number of ether oxygens (including phenoxy) is 2. The second kappa shape index (κ2) is 8.75. The van der Waals surface area contributed by atoms with Crippen LogP contribution in [0.15, 0.2) is 18.7 Å². The Labute approximate surface area is 160 Å². The topological polar surface area (TPSA) is 63.7 Å². The summed E-state index contributed by atoms with van der Waals surface area (Å²) in [6, 6.07) is 0. The molecule has 1 aromatic rings. The van der Waals surface area contributed by atoms with Crippen molar-refractivity contribution in [2.45, 2.75) is 65.7 Å². The molecule has 7 heteroatoms. The predicted octanol–water partition coefficient (Wildman–Crippen LogP) is 4.01. The molecule has 1 amide bonds. The van der Waals surface area contributed by atoms with E-state index >= 15 is 0 Å². The normalized spacial score (nSPS) is 18.6. The van der Waals surface area contributed by atoms with Crippen LogP contribution in [0.5, 0.6) is 5.19 Å². The average Bonchev–Trinajstić information content (AvgIpc) is 3.14. The van der Waals surface area contributed by atoms with E-state index in [1.807, 2.05) is 0 Å². The Hall–Kier alpha value is -1.76. The van der Waals surface area contributed by atoms with Crippen molar-refractivity contribution in [3.05, 3.63) is 23.5 Å². The summed E-state index contributed by atoms with van der Waals surface area (Å²) in [5.74, 6) is 1.12. The van der Waals surface area contributed by atoms with Gasteiger partial charge < -0.3 is 19.7 Å². The lowest BCUT2D eigenvalue weighted by Gasteiger charge is -2.31. The number of thiazole rings is 1. The highest BCUT2D eigenvalue weighted by Crippen LogP contribution is 2.30. The number of carbonyl (C=O) groups excluding carboxylic acids is 1. The molecule has 0 aliphatic carbocycles. The highest BCUT2D eigenvalue weighted by atomic mass is 32.1. The third-order valence-corrected chi connectivity index (χ3v) is 5.24. The van der Waals surface area contributed by atoms with E-state index in [1.165, 1.54) is 24.2 Å². The highest BCUT2D eigenvalue weighted by molar-refractivity contribution is 7.15. The number of carbonyl (C=O) groups is 1. The molecule has 1 aliphatic heterocycles. The molecule has 1 fully saturated rings. The van der Waals surface area contributed by atoms with Crippen LogP contribution >= 0.6 is 11.3 Å². The van der Waals surface area contributed by atoms with Gasteiger partial charge in [-0.15, -0.1) is 0 Å². The average molecular weight is 382 g/mol. The molecule has 26 heavy (non-hydrogen) atoms. The van der Waals surface area contributed by atoms with Gasteiger partial charge in [0.15, 0.2) is 5.88 Å². The lowest BCUT2D eigenvalue weighted by molar-refractivity contribution is -0.00479. The first-order valence-electron chi connectivity index (χ1n) is 9.24. The molecule has 0 aromatic carbocycles. The zero-order chi connectivity index (χ0) is 19.3. The number of nitrogens with one attached hydrogen (secondary N) is 1. The van der Waals surface area contributed by atoms with Gasteiger partial charge in [0, 0.05) is 12.1 Å². The minimum absolute atomic E-state index is 0.0853. The first-order chi connectivity index (χ1) is 12.2. The summed E-state index contributed by atoms with van der Waals surface area (Å²) in [5, 5.41) is 3.38. The van der Waals surface area contributed by atoms with Gasteiger partial charge in [0.25, 0.3) is 17.4 Å². The SMILES string of the molecule is C=C1OC(Oc2ncc(C(=O)NCCC(C)CCC)s2)CN1C(C)(C)C. The minimum Gasteiger partial charge on any atom is -0.438 e. The monoisotopic (exact) mass is 381 g/mol. The van der Waals surface area contributed by atoms with E-state index in [9.17, 15) is 4.79 Å². The van der Waals surface area contributed by atoms with Crippen LogP contribution < -0.4 is 10.1 Å². The number of hydrogen-bond donors (Lipinski definition) is 1. The van der Waals surface area contributed by atoms with E-state index in [4.69, 9.17) is 9.47 Å². The van der Waals surface area contributed by atoms with Crippen LogP contribution in [-0.2, 0) is 4.74 Å². The van der Waals surface area contributed by atoms with E-state index < -0.39 is 6.29 Å². The van der Waals surface area contributed by atoms with Gasteiger partial charge in [-0.2, -0.15) is 0 Å². The van der Waals surface area contributed by atoms with Gasteiger partial charge in [-0.1, -0.05) is 38.0 Å². The van der Waals surface area contributed by atoms with Crippen molar-refractivity contribution in [3.63, 3.8) is 0 Å². The van der Waals surface area contributed by atoms with Crippen molar-refractivity contribution in [2.75, 3.05) is 13.1 Å². The summed E-state index contributed by atoms with van der Waals surface area (Å²) < 4.78 is 11.4. The molecule has 0 saturated carbocycles. The maximum atomic E-state index is 12.2. The highest BCUT2D eigenvalue weighted by Gasteiger charge is 2.35. The third-order valence-electron chi connectivity index (χ3n) is 4.35. The number of nitrogens with zero attached hydrogens (tertiary/aromatic N) is 2. The fraction of sp³-hybridized carbons (Fsp3) is 0.684. The lowest BCUT2D eigenvalue weighted by Crippen LogP contribution is -2.39. The Morgan fingerprint density at radius 1 is 1.54 bits per heavy atom. The van der Waals surface area contributed by atoms with Crippen LogP contribution in [0.1, 0.15) is 63.6 Å². The van der Waals surface area contributed by atoms with Crippen LogP contribution in [0, 0.1) is 5.92 Å². The van der Waals surface area contributed by atoms with E-state index in [0.29, 0.717) is 35.0 Å². The Morgan fingerprint density at radius 3 is 2.88 bits per heavy atom. The lowest BCUT2D eigenvalue weighted by atomic mass is 10.0. The number of hydrogen-bond acceptors (Lipinski definition) is 6. The van der Waals surface area contributed by atoms with Crippen molar-refractivity contribution < 1.29 is 14.3 Å². The standard InChI is InChI=1S/C19H31N3O3S/c1-7-8-13(2)9-10-20-17(23)15-11-21-18(26-15)25-16-12-22(14(3)24-16)19(4,5)6/h11,13,16H,3,7-10,12H2,1-2,4-6H3,(H,20,23). The van der Waals surface area contributed by atoms with Crippen molar-refractivity contribution in [2.24, 2.45) is 5.92 Å². The summed E-state index contributed by atoms with van der Waals surface area (Å²) in [5.41, 5.74) is -0.0853. The Kier molecular flexibility index (Phi) is 6.92. The molecule has 0 bridgehead atoms. The van der Waals surface area contributed by atoms with Crippen LogP contribution in [-0.4, -0.2) is 40.7 Å². The van der Waals surface area contributed by atoms with Gasteiger partial charge in [-0.3, -0.25) is 4.79 Å². The number of aromatic nitrogens is 1. The quantitative estimate of drug-likeness (QED) is 0.737. The summed E-state index contributed by atoms with van der Waals surface area (Å²) in [4.78, 5) is 19.0. The molecule has 2 unspecified atom stereocenters. The summed E-state index contributed by atoms with van der Waals surface area (Å²) in [7, 11) is 0. The van der Waals surface area contributed by atoms with Crippen molar-refractivity contribution in [1.29, 1.82) is 0 Å². The zero-order valence-corrected chi connectivity index (χ0v) is 17.3. The molecular weight excluding hydrogens is 350 g/mol. The van der Waals surface area contributed by atoms with Crippen molar-refractivity contribution in [1.82, 2.24) is 15.2 Å². The molecule has 2 rings (SSSR count). The smallest absolute Gasteiger partial charge is 0.277 e. The van der Waals surface area contributed by atoms with E-state index in [0.717, 1.165) is 6.42 Å². The molecule has 1 N–H and O–H groups in total. The summed E-state index contributed by atoms with van der Waals surface area (Å²) in [6.07, 6.45) is 4.44. The Morgan fingerprint density at radius 2 is 2.27 bits per heavy atom. The van der Waals surface area contributed by atoms with Crippen LogP contribution in [0.2, 0.25) is 0 Å². The maximum absolute atomic E-state index is 12.2. The van der Waals surface area contributed by atoms with Crippen molar-refractivity contribution >= 4 is 17.2 Å². The second-order valence-electron chi connectivity index (χ2n) is 7.77. The molecule has 0 radical (unpaired) electrons. The van der Waals surface area contributed by atoms with Gasteiger partial charge in [-0.05, 0) is 39.7 Å². The van der Waals surface area contributed by atoms with Gasteiger partial charge in [-0.25, -0.2) is 4.98 Å². The minimum atomic E-state index is -0.460. The van der Waals surface area contributed by atoms with E-state index in [-0.39, 0.29) is 11.4 Å². The van der Waals surface area contributed by atoms with Gasteiger partial charge in [0.2, 0.25) is 0 Å². The largest absolute Gasteiger partial charge is 0.438 e. The molecule has 1 aromatic heterocycles. The first kappa shape index (κ1) is 20.6. The predicted molar refractivity (Wildman–Crippen MR) is 104 cm³/mol. The fourth-order valence-corrected chi connectivity index (χ4v) is 3.62. The summed E-state index contributed by atoms with van der Waals surface area (Å²) >= 11 is 1.23. The van der Waals surface area contributed by atoms with Gasteiger partial charge >= 0.3 is 0 Å². The molecule has 1 saturated heterocycles. The van der Waals surface area contributed by atoms with Gasteiger partial charge in [0.1, 0.15) is 4.88 Å². The van der Waals surface area contributed by atoms with E-state index in [2.05, 4.69) is 56.4 Å². The third kappa shape index (κ3) is 5.62. The number of rotatable bonds is 8. The van der Waals surface area contributed by atoms with Crippen LogP contribution in [0.25, 0.3) is 0 Å². The summed E-state index contributed by atoms with van der Waals surface area (Å²) in [6.45, 7) is 15.9. The second-order valence-corrected chi connectivity index (χ2v) is 8.76. The number of amides is 1. The molecule has 6 nitrogen and oxygen atoms in total. The van der Waals surface area contributed by atoms with Crippen LogP contribution in [0.4, 0.5) is 0 Å². The molecule has 146 valence electrons. The van der Waals surface area contributed by atoms with E-state index in [1.54, 1.807) is 6.20 Å². The molecule has 1 aliphatic rings. The zero-order valence-electron chi connectivity index (χ0n) is 16.5. The Bertz CT molecular complexity index is 624. The van der Waals surface area contributed by atoms with Crippen molar-refractivity contribution in [3.8, 4) is 5.19 Å². The van der Waals surface area contributed by atoms with Gasteiger partial charge in [0.05, 0.1) is 12.7 Å². The molecular formula is C19H31N3O3S. The first-order valence-corrected chi connectivity index (χ1v) is 10.1.